The lowest BCUT2D eigenvalue weighted by atomic mass is 9.75. The van der Waals surface area contributed by atoms with Crippen molar-refractivity contribution in [2.24, 2.45) is 0 Å². The smallest absolute Gasteiger partial charge is 0.0601 e. The maximum absolute atomic E-state index is 2.49. The zero-order chi connectivity index (χ0) is 40.2. The molecule has 3 aliphatic rings. The molecule has 8 aromatic carbocycles. The summed E-state index contributed by atoms with van der Waals surface area (Å²) in [7, 11) is 0. The molecule has 0 spiro atoms. The van der Waals surface area contributed by atoms with Crippen molar-refractivity contribution in [1.82, 2.24) is 0 Å². The molecular formula is C56H44N2S2. The van der Waals surface area contributed by atoms with Gasteiger partial charge in [-0.15, -0.1) is 0 Å². The fourth-order valence-corrected chi connectivity index (χ4v) is 11.5. The number of hydrogen-bond acceptors (Lipinski definition) is 4. The van der Waals surface area contributed by atoms with E-state index in [1.165, 1.54) is 111 Å². The van der Waals surface area contributed by atoms with E-state index >= 15 is 0 Å². The summed E-state index contributed by atoms with van der Waals surface area (Å²) in [4.78, 5) is 9.98. The monoisotopic (exact) mass is 808 g/mol. The second-order valence-corrected chi connectivity index (χ2v) is 18.4. The van der Waals surface area contributed by atoms with Crippen LogP contribution in [0, 0.1) is 0 Å². The molecule has 0 saturated heterocycles. The van der Waals surface area contributed by atoms with Crippen molar-refractivity contribution < 1.29 is 0 Å². The van der Waals surface area contributed by atoms with Crippen LogP contribution in [0.4, 0.5) is 34.1 Å². The van der Waals surface area contributed by atoms with E-state index in [0.717, 1.165) is 6.42 Å². The Morgan fingerprint density at radius 1 is 0.450 bits per heavy atom. The van der Waals surface area contributed by atoms with Gasteiger partial charge in [-0.3, -0.25) is 0 Å². The third kappa shape index (κ3) is 6.29. The van der Waals surface area contributed by atoms with Gasteiger partial charge in [0.05, 0.1) is 22.7 Å². The van der Waals surface area contributed by atoms with Crippen molar-refractivity contribution in [3.05, 3.63) is 204 Å². The first-order valence-corrected chi connectivity index (χ1v) is 22.7. The van der Waals surface area contributed by atoms with E-state index < -0.39 is 0 Å². The minimum Gasteiger partial charge on any atom is -0.308 e. The molecule has 1 atom stereocenters. The molecule has 60 heavy (non-hydrogen) atoms. The minimum atomic E-state index is -0.0823. The van der Waals surface area contributed by atoms with Crippen LogP contribution in [0.25, 0.3) is 34.4 Å². The molecular weight excluding hydrogens is 765 g/mol. The largest absolute Gasteiger partial charge is 0.308 e. The van der Waals surface area contributed by atoms with Crippen LogP contribution >= 0.6 is 23.5 Å². The van der Waals surface area contributed by atoms with E-state index in [4.69, 9.17) is 0 Å². The summed E-state index contributed by atoms with van der Waals surface area (Å²) in [5.41, 5.74) is 17.7. The summed E-state index contributed by atoms with van der Waals surface area (Å²) in [5.74, 6) is 0. The number of anilines is 6. The van der Waals surface area contributed by atoms with E-state index in [-0.39, 0.29) is 5.41 Å². The average molecular weight is 809 g/mol. The molecule has 0 N–H and O–H groups in total. The lowest BCUT2D eigenvalue weighted by Crippen LogP contribution is -2.21. The van der Waals surface area contributed by atoms with Crippen LogP contribution in [0.3, 0.4) is 0 Å². The van der Waals surface area contributed by atoms with Crippen LogP contribution < -0.4 is 9.80 Å². The Labute approximate surface area is 362 Å². The Kier molecular flexibility index (Phi) is 9.29. The zero-order valence-electron chi connectivity index (χ0n) is 33.8. The Morgan fingerprint density at radius 2 is 0.867 bits per heavy atom. The first-order chi connectivity index (χ1) is 29.6. The molecule has 0 aromatic heterocycles. The van der Waals surface area contributed by atoms with Gasteiger partial charge < -0.3 is 9.80 Å². The minimum absolute atomic E-state index is 0.0823. The second-order valence-electron chi connectivity index (χ2n) is 16.2. The number of benzene rings is 8. The summed E-state index contributed by atoms with van der Waals surface area (Å²) < 4.78 is 0. The normalized spacial score (nSPS) is 15.8. The van der Waals surface area contributed by atoms with Crippen LogP contribution in [0.15, 0.2) is 202 Å². The lowest BCUT2D eigenvalue weighted by Gasteiger charge is -2.34. The highest BCUT2D eigenvalue weighted by molar-refractivity contribution is 8.00. The molecule has 2 aliphatic heterocycles. The highest BCUT2D eigenvalue weighted by Gasteiger charge is 2.40. The first-order valence-electron chi connectivity index (χ1n) is 21.1. The Bertz CT molecular complexity index is 2860. The molecule has 8 aromatic rings. The molecule has 1 aliphatic carbocycles. The van der Waals surface area contributed by atoms with E-state index in [9.17, 15) is 0 Å². The molecule has 0 saturated carbocycles. The summed E-state index contributed by atoms with van der Waals surface area (Å²) in [5, 5.41) is 0. The van der Waals surface area contributed by atoms with Crippen LogP contribution in [-0.4, -0.2) is 0 Å². The van der Waals surface area contributed by atoms with Gasteiger partial charge in [-0.1, -0.05) is 172 Å². The molecule has 0 bridgehead atoms. The average Bonchev–Trinajstić information content (AvgIpc) is 3.55. The van der Waals surface area contributed by atoms with Gasteiger partial charge in [0.25, 0.3) is 0 Å². The lowest BCUT2D eigenvalue weighted by molar-refractivity contribution is 0.504. The maximum atomic E-state index is 2.49. The predicted molar refractivity (Wildman–Crippen MR) is 256 cm³/mol. The summed E-state index contributed by atoms with van der Waals surface area (Å²) in [6.07, 6.45) is 8.00. The fourth-order valence-electron chi connectivity index (χ4n) is 9.41. The molecule has 0 radical (unpaired) electrons. The SMILES string of the molecule is CCCCC1(C)c2cc(/C=C/c3ccc(-c4ccc(N5c6ccccc6Sc6ccccc65)cc4)cc3)ccc2-c2ccc(N3c4ccccc4Sc4ccccc43)cc21. The summed E-state index contributed by atoms with van der Waals surface area (Å²) in [6, 6.07) is 67.2. The van der Waals surface area contributed by atoms with Gasteiger partial charge in [-0.2, -0.15) is 0 Å². The Hall–Kier alpha value is -6.20. The van der Waals surface area contributed by atoms with Gasteiger partial charge in [-0.05, 0) is 124 Å². The number of fused-ring (bicyclic) bond motifs is 7. The molecule has 2 heterocycles. The van der Waals surface area contributed by atoms with Gasteiger partial charge in [0.15, 0.2) is 0 Å². The molecule has 11 rings (SSSR count). The zero-order valence-corrected chi connectivity index (χ0v) is 35.4. The first kappa shape index (κ1) is 36.8. The number of para-hydroxylation sites is 4. The van der Waals surface area contributed by atoms with Gasteiger partial charge in [0.1, 0.15) is 0 Å². The molecule has 4 heteroatoms. The Balaban J connectivity index is 0.860. The topological polar surface area (TPSA) is 6.48 Å². The van der Waals surface area contributed by atoms with Crippen molar-refractivity contribution in [3.8, 4) is 22.3 Å². The van der Waals surface area contributed by atoms with Crippen molar-refractivity contribution in [1.29, 1.82) is 0 Å². The highest BCUT2D eigenvalue weighted by Crippen LogP contribution is 2.56. The van der Waals surface area contributed by atoms with E-state index in [2.05, 4.69) is 218 Å². The molecule has 290 valence electrons. The van der Waals surface area contributed by atoms with Crippen molar-refractivity contribution >= 4 is 69.8 Å². The van der Waals surface area contributed by atoms with Crippen LogP contribution in [-0.2, 0) is 5.41 Å². The predicted octanol–water partition coefficient (Wildman–Crippen LogP) is 16.9. The van der Waals surface area contributed by atoms with Crippen molar-refractivity contribution in [2.75, 3.05) is 9.80 Å². The van der Waals surface area contributed by atoms with E-state index in [1.807, 2.05) is 23.5 Å². The van der Waals surface area contributed by atoms with Crippen molar-refractivity contribution in [2.45, 2.75) is 58.1 Å². The molecule has 0 fully saturated rings. The standard InChI is InChI=1S/C56H44N2S2/c1-3-4-35-56(2)46-36-39(25-33-44(46)45-34-32-43(37-47(45)56)58-50-15-7-11-19-54(50)60-55-20-12-8-16-51(55)58)22-21-38-23-26-40(27-24-38)41-28-30-42(31-29-41)57-48-13-5-9-17-52(48)59-53-18-10-6-14-49(53)57/h5-34,36-37H,3-4,35H2,1-2H3/b22-21+. The second kappa shape index (κ2) is 15.1. The number of hydrogen-bond donors (Lipinski definition) is 0. The van der Waals surface area contributed by atoms with Gasteiger partial charge >= 0.3 is 0 Å². The van der Waals surface area contributed by atoms with Crippen LogP contribution in [0.2, 0.25) is 0 Å². The number of rotatable bonds is 8. The van der Waals surface area contributed by atoms with Crippen LogP contribution in [0.1, 0.15) is 55.4 Å². The van der Waals surface area contributed by atoms with Crippen LogP contribution in [0.5, 0.6) is 0 Å². The molecule has 1 unspecified atom stereocenters. The third-order valence-corrected chi connectivity index (χ3v) is 14.8. The maximum Gasteiger partial charge on any atom is 0.0601 e. The number of unbranched alkanes of at least 4 members (excludes halogenated alkanes) is 1. The molecule has 0 amide bonds. The van der Waals surface area contributed by atoms with Gasteiger partial charge in [0.2, 0.25) is 0 Å². The summed E-state index contributed by atoms with van der Waals surface area (Å²) in [6.45, 7) is 4.79. The highest BCUT2D eigenvalue weighted by atomic mass is 32.2. The quantitative estimate of drug-likeness (QED) is 0.141. The summed E-state index contributed by atoms with van der Waals surface area (Å²) >= 11 is 3.70. The Morgan fingerprint density at radius 3 is 1.40 bits per heavy atom. The van der Waals surface area contributed by atoms with Gasteiger partial charge in [-0.25, -0.2) is 0 Å². The van der Waals surface area contributed by atoms with Gasteiger partial charge in [0, 0.05) is 36.4 Å². The fraction of sp³-hybridized carbons (Fsp3) is 0.107. The van der Waals surface area contributed by atoms with E-state index in [1.54, 1.807) is 0 Å². The van der Waals surface area contributed by atoms with Crippen molar-refractivity contribution in [3.63, 3.8) is 0 Å². The number of nitrogens with zero attached hydrogens (tertiary/aromatic N) is 2. The van der Waals surface area contributed by atoms with E-state index in [0.29, 0.717) is 0 Å². The third-order valence-electron chi connectivity index (χ3n) is 12.5. The molecule has 2 nitrogen and oxygen atoms in total.